The van der Waals surface area contributed by atoms with Crippen LogP contribution in [-0.4, -0.2) is 31.5 Å². The van der Waals surface area contributed by atoms with E-state index in [9.17, 15) is 9.59 Å². The molecule has 1 amide bonds. The molecule has 3 heterocycles. The van der Waals surface area contributed by atoms with Crippen molar-refractivity contribution in [3.05, 3.63) is 71.9 Å². The van der Waals surface area contributed by atoms with Crippen molar-refractivity contribution in [2.45, 2.75) is 0 Å². The third-order valence-corrected chi connectivity index (χ3v) is 4.65. The highest BCUT2D eigenvalue weighted by molar-refractivity contribution is 6.14. The summed E-state index contributed by atoms with van der Waals surface area (Å²) >= 11 is 0. The van der Waals surface area contributed by atoms with E-state index in [-0.39, 0.29) is 24.1 Å². The second-order valence-electron chi connectivity index (χ2n) is 6.81. The van der Waals surface area contributed by atoms with E-state index in [4.69, 9.17) is 23.4 Å². The molecule has 0 saturated heterocycles. The zero-order valence-corrected chi connectivity index (χ0v) is 16.3. The van der Waals surface area contributed by atoms with Crippen LogP contribution in [0.15, 0.2) is 65.0 Å². The van der Waals surface area contributed by atoms with E-state index in [1.54, 1.807) is 48.5 Å². The van der Waals surface area contributed by atoms with Crippen LogP contribution in [0.2, 0.25) is 0 Å². The van der Waals surface area contributed by atoms with Gasteiger partial charge in [0.25, 0.3) is 5.91 Å². The molecular weight excluding hydrogens is 402 g/mol. The molecule has 1 aromatic heterocycles. The minimum Gasteiger partial charge on any atom is -0.486 e. The van der Waals surface area contributed by atoms with Crippen molar-refractivity contribution in [2.24, 2.45) is 0 Å². The minimum absolute atomic E-state index is 0.165. The lowest BCUT2D eigenvalue weighted by atomic mass is 10.1. The summed E-state index contributed by atoms with van der Waals surface area (Å²) in [4.78, 5) is 24.7. The summed E-state index contributed by atoms with van der Waals surface area (Å²) in [6, 6.07) is 13.4. The Bertz CT molecular complexity index is 1180. The third kappa shape index (κ3) is 3.95. The summed E-state index contributed by atoms with van der Waals surface area (Å²) in [5.74, 6) is 2.11. The molecule has 31 heavy (non-hydrogen) atoms. The normalized spacial score (nSPS) is 15.4. The molecule has 0 aliphatic carbocycles. The number of ketones is 1. The van der Waals surface area contributed by atoms with E-state index in [0.29, 0.717) is 53.2 Å². The summed E-state index contributed by atoms with van der Waals surface area (Å²) in [5, 5.41) is 2.75. The van der Waals surface area contributed by atoms with Crippen molar-refractivity contribution in [1.82, 2.24) is 0 Å². The second-order valence-corrected chi connectivity index (χ2v) is 6.81. The van der Waals surface area contributed by atoms with E-state index in [0.717, 1.165) is 0 Å². The van der Waals surface area contributed by atoms with Crippen molar-refractivity contribution in [1.29, 1.82) is 0 Å². The van der Waals surface area contributed by atoms with Crippen LogP contribution in [0.25, 0.3) is 6.08 Å². The maximum absolute atomic E-state index is 12.4. The molecule has 0 fully saturated rings. The molecule has 156 valence electrons. The molecule has 0 saturated carbocycles. The van der Waals surface area contributed by atoms with Gasteiger partial charge in [0, 0.05) is 23.9 Å². The largest absolute Gasteiger partial charge is 0.486 e. The number of allylic oxidation sites excluding steroid dienone is 1. The Kier molecular flexibility index (Phi) is 4.80. The molecule has 0 spiro atoms. The Balaban J connectivity index is 1.21. The fraction of sp³-hybridized carbons (Fsp3) is 0.130. The Labute approximate surface area is 177 Å². The Morgan fingerprint density at radius 2 is 1.90 bits per heavy atom. The second kappa shape index (κ2) is 7.91. The zero-order chi connectivity index (χ0) is 21.2. The van der Waals surface area contributed by atoms with E-state index in [1.807, 2.05) is 0 Å². The number of fused-ring (bicyclic) bond motifs is 2. The number of Topliss-reactive ketones (excluding diaryl/α,β-unsaturated/α-hetero) is 1. The lowest BCUT2D eigenvalue weighted by Gasteiger charge is -2.19. The van der Waals surface area contributed by atoms with Gasteiger partial charge in [-0.25, -0.2) is 0 Å². The molecule has 3 aromatic rings. The number of anilines is 1. The van der Waals surface area contributed by atoms with Gasteiger partial charge >= 0.3 is 0 Å². The van der Waals surface area contributed by atoms with Gasteiger partial charge in [-0.1, -0.05) is 0 Å². The zero-order valence-electron chi connectivity index (χ0n) is 16.3. The monoisotopic (exact) mass is 419 g/mol. The van der Waals surface area contributed by atoms with Crippen molar-refractivity contribution >= 4 is 23.5 Å². The summed E-state index contributed by atoms with van der Waals surface area (Å²) in [6.45, 7) is 0.758. The van der Waals surface area contributed by atoms with Crippen molar-refractivity contribution in [3.63, 3.8) is 0 Å². The first-order valence-electron chi connectivity index (χ1n) is 9.60. The number of carbonyl (C=O) groups is 2. The van der Waals surface area contributed by atoms with E-state index < -0.39 is 0 Å². The number of hydrogen-bond donors (Lipinski definition) is 1. The topological polar surface area (TPSA) is 96.2 Å². The minimum atomic E-state index is -0.340. The lowest BCUT2D eigenvalue weighted by molar-refractivity contribution is -0.118. The van der Waals surface area contributed by atoms with Gasteiger partial charge in [-0.2, -0.15) is 0 Å². The number of furan rings is 1. The SMILES string of the molecule is O=C(COc1ccc2c(c1)OC(=Cc1ccco1)C2=O)Nc1ccc2c(c1)OCCO2. The fourth-order valence-electron chi connectivity index (χ4n) is 3.23. The van der Waals surface area contributed by atoms with Crippen LogP contribution < -0.4 is 24.3 Å². The predicted octanol–water partition coefficient (Wildman–Crippen LogP) is 3.68. The first-order chi connectivity index (χ1) is 15.2. The fourth-order valence-corrected chi connectivity index (χ4v) is 3.23. The molecule has 0 radical (unpaired) electrons. The number of carbonyl (C=O) groups excluding carboxylic acids is 2. The first kappa shape index (κ1) is 18.8. The quantitative estimate of drug-likeness (QED) is 0.630. The van der Waals surface area contributed by atoms with Crippen molar-refractivity contribution in [3.8, 4) is 23.0 Å². The highest BCUT2D eigenvalue weighted by Crippen LogP contribution is 2.35. The van der Waals surface area contributed by atoms with E-state index >= 15 is 0 Å². The van der Waals surface area contributed by atoms with Gasteiger partial charge in [-0.05, 0) is 36.4 Å². The van der Waals surface area contributed by atoms with Crippen LogP contribution >= 0.6 is 0 Å². The van der Waals surface area contributed by atoms with Crippen LogP contribution in [-0.2, 0) is 4.79 Å². The number of hydrogen-bond acceptors (Lipinski definition) is 7. The smallest absolute Gasteiger partial charge is 0.262 e. The standard InChI is InChI=1S/C23H17NO7/c25-22(24-14-3-6-18-20(10-14)29-9-8-28-18)13-30-16-4-5-17-19(11-16)31-21(23(17)26)12-15-2-1-7-27-15/h1-7,10-12H,8-9,13H2,(H,24,25). The number of benzene rings is 2. The van der Waals surface area contributed by atoms with Crippen LogP contribution in [0.3, 0.4) is 0 Å². The maximum atomic E-state index is 12.4. The van der Waals surface area contributed by atoms with Crippen LogP contribution in [0.5, 0.6) is 23.0 Å². The molecule has 0 atom stereocenters. The van der Waals surface area contributed by atoms with E-state index in [1.165, 1.54) is 12.3 Å². The predicted molar refractivity (Wildman–Crippen MR) is 110 cm³/mol. The molecule has 8 heteroatoms. The Morgan fingerprint density at radius 3 is 2.74 bits per heavy atom. The van der Waals surface area contributed by atoms with E-state index in [2.05, 4.69) is 5.32 Å². The van der Waals surface area contributed by atoms with Gasteiger partial charge in [0.05, 0.1) is 11.8 Å². The summed E-state index contributed by atoms with van der Waals surface area (Å²) in [7, 11) is 0. The number of ether oxygens (including phenoxy) is 4. The molecule has 2 aromatic carbocycles. The summed E-state index contributed by atoms with van der Waals surface area (Å²) in [5.41, 5.74) is 0.999. The van der Waals surface area contributed by atoms with Gasteiger partial charge in [0.1, 0.15) is 30.5 Å². The number of nitrogens with one attached hydrogen (secondary N) is 1. The van der Waals surface area contributed by atoms with Crippen LogP contribution in [0, 0.1) is 0 Å². The van der Waals surface area contributed by atoms with Gasteiger partial charge in [-0.3, -0.25) is 9.59 Å². The van der Waals surface area contributed by atoms with Gasteiger partial charge < -0.3 is 28.7 Å². The molecular formula is C23H17NO7. The number of amides is 1. The highest BCUT2D eigenvalue weighted by Gasteiger charge is 2.28. The average molecular weight is 419 g/mol. The summed E-state index contributed by atoms with van der Waals surface area (Å²) < 4.78 is 27.4. The third-order valence-electron chi connectivity index (χ3n) is 4.65. The van der Waals surface area contributed by atoms with Crippen molar-refractivity contribution < 1.29 is 33.0 Å². The highest BCUT2D eigenvalue weighted by atomic mass is 16.6. The first-order valence-corrected chi connectivity index (χ1v) is 9.60. The Morgan fingerprint density at radius 1 is 1.03 bits per heavy atom. The molecule has 0 bridgehead atoms. The average Bonchev–Trinajstić information content (AvgIpc) is 3.40. The molecule has 1 N–H and O–H groups in total. The summed E-state index contributed by atoms with van der Waals surface area (Å²) in [6.07, 6.45) is 3.05. The maximum Gasteiger partial charge on any atom is 0.262 e. The molecule has 2 aliphatic rings. The molecule has 8 nitrogen and oxygen atoms in total. The molecule has 2 aliphatic heterocycles. The molecule has 5 rings (SSSR count). The van der Waals surface area contributed by atoms with Gasteiger partial charge in [0.15, 0.2) is 23.9 Å². The van der Waals surface area contributed by atoms with Crippen LogP contribution in [0.1, 0.15) is 16.1 Å². The van der Waals surface area contributed by atoms with Gasteiger partial charge in [0.2, 0.25) is 5.78 Å². The van der Waals surface area contributed by atoms with Crippen molar-refractivity contribution in [2.75, 3.05) is 25.1 Å². The van der Waals surface area contributed by atoms with Crippen LogP contribution in [0.4, 0.5) is 5.69 Å². The van der Waals surface area contributed by atoms with Gasteiger partial charge in [-0.15, -0.1) is 0 Å². The Hall–Kier alpha value is -4.20. The lowest BCUT2D eigenvalue weighted by Crippen LogP contribution is -2.20. The molecule has 0 unspecified atom stereocenters. The number of rotatable bonds is 5.